The van der Waals surface area contributed by atoms with Crippen molar-refractivity contribution in [2.45, 2.75) is 32.0 Å². The lowest BCUT2D eigenvalue weighted by atomic mass is 9.82. The van der Waals surface area contributed by atoms with Crippen molar-refractivity contribution in [2.24, 2.45) is 22.7 Å². The molecule has 0 spiro atoms. The maximum atomic E-state index is 11.5. The second-order valence-electron chi connectivity index (χ2n) is 6.38. The van der Waals surface area contributed by atoms with Crippen LogP contribution < -0.4 is 5.32 Å². The van der Waals surface area contributed by atoms with Crippen molar-refractivity contribution in [1.82, 2.24) is 10.2 Å². The number of rotatable bonds is 3. The van der Waals surface area contributed by atoms with E-state index >= 15 is 0 Å². The van der Waals surface area contributed by atoms with Crippen LogP contribution in [0.3, 0.4) is 0 Å². The molecule has 0 radical (unpaired) electrons. The molecule has 5 unspecified atom stereocenters. The number of esters is 1. The predicted molar refractivity (Wildman–Crippen MR) is 79.0 cm³/mol. The number of guanidine groups is 1. The molecule has 3 aliphatic rings. The molecule has 2 bridgehead atoms. The van der Waals surface area contributed by atoms with E-state index in [0.717, 1.165) is 19.0 Å². The molecule has 0 aromatic rings. The first-order chi connectivity index (χ1) is 10.1. The second-order valence-corrected chi connectivity index (χ2v) is 6.38. The lowest BCUT2D eigenvalue weighted by Gasteiger charge is -2.24. The number of hydrogen-bond acceptors (Lipinski definition) is 4. The van der Waals surface area contributed by atoms with E-state index in [9.17, 15) is 4.79 Å². The Morgan fingerprint density at radius 2 is 2.00 bits per heavy atom. The average Bonchev–Trinajstić information content (AvgIpc) is 3.18. The third-order valence-electron chi connectivity index (χ3n) is 5.13. The SMILES string of the molecule is CN=C(NCC(C)C(=O)OC)N1CC2C3CCC(O3)C2C1. The van der Waals surface area contributed by atoms with Crippen molar-refractivity contribution >= 4 is 11.9 Å². The molecular formula is C15H25N3O3. The first-order valence-corrected chi connectivity index (χ1v) is 7.83. The summed E-state index contributed by atoms with van der Waals surface area (Å²) in [5.41, 5.74) is 0. The molecule has 21 heavy (non-hydrogen) atoms. The van der Waals surface area contributed by atoms with Crippen LogP contribution in [0.4, 0.5) is 0 Å². The lowest BCUT2D eigenvalue weighted by Crippen LogP contribution is -2.43. The summed E-state index contributed by atoms with van der Waals surface area (Å²) in [6.45, 7) is 4.43. The summed E-state index contributed by atoms with van der Waals surface area (Å²) >= 11 is 0. The predicted octanol–water partition coefficient (Wildman–Crippen LogP) is 0.480. The van der Waals surface area contributed by atoms with Crippen molar-refractivity contribution in [3.63, 3.8) is 0 Å². The van der Waals surface area contributed by atoms with E-state index in [1.165, 1.54) is 20.0 Å². The van der Waals surface area contributed by atoms with Crippen molar-refractivity contribution in [3.8, 4) is 0 Å². The van der Waals surface area contributed by atoms with E-state index in [2.05, 4.69) is 15.2 Å². The molecule has 0 aromatic carbocycles. The Morgan fingerprint density at radius 3 is 2.52 bits per heavy atom. The number of nitrogens with zero attached hydrogens (tertiary/aromatic N) is 2. The summed E-state index contributed by atoms with van der Waals surface area (Å²) in [5.74, 6) is 1.83. The van der Waals surface area contributed by atoms with Crippen LogP contribution >= 0.6 is 0 Å². The van der Waals surface area contributed by atoms with Crippen LogP contribution in [0.5, 0.6) is 0 Å². The molecule has 0 amide bonds. The molecule has 6 heteroatoms. The van der Waals surface area contributed by atoms with Crippen molar-refractivity contribution < 1.29 is 14.3 Å². The smallest absolute Gasteiger partial charge is 0.310 e. The van der Waals surface area contributed by atoms with Gasteiger partial charge in [0, 0.05) is 38.5 Å². The van der Waals surface area contributed by atoms with Crippen LogP contribution in [-0.4, -0.2) is 62.8 Å². The monoisotopic (exact) mass is 295 g/mol. The van der Waals surface area contributed by atoms with Gasteiger partial charge >= 0.3 is 5.97 Å². The Hall–Kier alpha value is -1.30. The van der Waals surface area contributed by atoms with Crippen LogP contribution in [0.2, 0.25) is 0 Å². The highest BCUT2D eigenvalue weighted by atomic mass is 16.5. The van der Waals surface area contributed by atoms with Gasteiger partial charge in [0.1, 0.15) is 0 Å². The fraction of sp³-hybridized carbons (Fsp3) is 0.867. The quantitative estimate of drug-likeness (QED) is 0.466. The van der Waals surface area contributed by atoms with Crippen LogP contribution in [0, 0.1) is 17.8 Å². The van der Waals surface area contributed by atoms with E-state index in [0.29, 0.717) is 30.6 Å². The molecule has 118 valence electrons. The third-order valence-corrected chi connectivity index (χ3v) is 5.13. The maximum Gasteiger partial charge on any atom is 0.310 e. The summed E-state index contributed by atoms with van der Waals surface area (Å²) in [6, 6.07) is 0. The Kier molecular flexibility index (Phi) is 4.06. The molecule has 3 aliphatic heterocycles. The number of ether oxygens (including phenoxy) is 2. The normalized spacial score (nSPS) is 35.8. The molecule has 6 nitrogen and oxygen atoms in total. The average molecular weight is 295 g/mol. The first kappa shape index (κ1) is 14.6. The van der Waals surface area contributed by atoms with Gasteiger partial charge in [-0.25, -0.2) is 0 Å². The van der Waals surface area contributed by atoms with Crippen LogP contribution in [0.15, 0.2) is 4.99 Å². The highest BCUT2D eigenvalue weighted by molar-refractivity contribution is 5.81. The van der Waals surface area contributed by atoms with E-state index in [1.54, 1.807) is 7.05 Å². The lowest BCUT2D eigenvalue weighted by molar-refractivity contribution is -0.144. The number of carbonyl (C=O) groups is 1. The van der Waals surface area contributed by atoms with Gasteiger partial charge in [0.25, 0.3) is 0 Å². The summed E-state index contributed by atoms with van der Waals surface area (Å²) in [4.78, 5) is 18.1. The minimum absolute atomic E-state index is 0.173. The standard InChI is InChI=1S/C15H25N3O3/c1-9(14(19)20-3)6-17-15(16-2)18-7-10-11(8-18)13-5-4-12(10)21-13/h9-13H,4-8H2,1-3H3,(H,16,17). The Balaban J connectivity index is 1.55. The zero-order valence-corrected chi connectivity index (χ0v) is 13.0. The van der Waals surface area contributed by atoms with Gasteiger partial charge in [0.2, 0.25) is 0 Å². The number of nitrogens with one attached hydrogen (secondary N) is 1. The summed E-state index contributed by atoms with van der Waals surface area (Å²) in [6.07, 6.45) is 3.34. The van der Waals surface area contributed by atoms with Gasteiger partial charge in [-0.15, -0.1) is 0 Å². The Bertz CT molecular complexity index is 422. The van der Waals surface area contributed by atoms with Gasteiger partial charge in [-0.05, 0) is 12.8 Å². The molecule has 3 saturated heterocycles. The van der Waals surface area contributed by atoms with Gasteiger partial charge in [0.05, 0.1) is 25.2 Å². The van der Waals surface area contributed by atoms with Crippen molar-refractivity contribution in [3.05, 3.63) is 0 Å². The number of carbonyl (C=O) groups excluding carboxylic acids is 1. The summed E-state index contributed by atoms with van der Waals surface area (Å²) in [7, 11) is 3.22. The van der Waals surface area contributed by atoms with Crippen molar-refractivity contribution in [2.75, 3.05) is 33.8 Å². The second kappa shape index (κ2) is 5.83. The molecule has 0 aromatic heterocycles. The molecule has 0 aliphatic carbocycles. The fourth-order valence-corrected chi connectivity index (χ4v) is 3.99. The zero-order valence-electron chi connectivity index (χ0n) is 13.0. The van der Waals surface area contributed by atoms with Crippen LogP contribution in [0.25, 0.3) is 0 Å². The largest absolute Gasteiger partial charge is 0.469 e. The number of hydrogen-bond donors (Lipinski definition) is 1. The Labute approximate surface area is 125 Å². The molecule has 1 N–H and O–H groups in total. The third kappa shape index (κ3) is 2.61. The highest BCUT2D eigenvalue weighted by Crippen LogP contribution is 2.47. The highest BCUT2D eigenvalue weighted by Gasteiger charge is 2.53. The van der Waals surface area contributed by atoms with E-state index in [1.807, 2.05) is 6.92 Å². The van der Waals surface area contributed by atoms with E-state index < -0.39 is 0 Å². The molecular weight excluding hydrogens is 270 g/mol. The number of fused-ring (bicyclic) bond motifs is 5. The van der Waals surface area contributed by atoms with E-state index in [4.69, 9.17) is 9.47 Å². The molecule has 5 atom stereocenters. The maximum absolute atomic E-state index is 11.5. The topological polar surface area (TPSA) is 63.2 Å². The minimum Gasteiger partial charge on any atom is -0.469 e. The van der Waals surface area contributed by atoms with Crippen LogP contribution in [0.1, 0.15) is 19.8 Å². The Morgan fingerprint density at radius 1 is 1.38 bits per heavy atom. The molecule has 3 fully saturated rings. The minimum atomic E-state index is -0.192. The van der Waals surface area contributed by atoms with Gasteiger partial charge in [-0.1, -0.05) is 6.92 Å². The van der Waals surface area contributed by atoms with Gasteiger partial charge in [-0.3, -0.25) is 9.79 Å². The summed E-state index contributed by atoms with van der Waals surface area (Å²) < 4.78 is 10.7. The fourth-order valence-electron chi connectivity index (χ4n) is 3.99. The number of methoxy groups -OCH3 is 1. The number of aliphatic imine (C=N–C) groups is 1. The molecule has 0 saturated carbocycles. The van der Waals surface area contributed by atoms with E-state index in [-0.39, 0.29) is 11.9 Å². The van der Waals surface area contributed by atoms with Gasteiger partial charge in [0.15, 0.2) is 5.96 Å². The zero-order chi connectivity index (χ0) is 15.0. The first-order valence-electron chi connectivity index (χ1n) is 7.83. The van der Waals surface area contributed by atoms with Crippen molar-refractivity contribution in [1.29, 1.82) is 0 Å². The number of likely N-dealkylation sites (tertiary alicyclic amines) is 1. The molecule has 3 rings (SSSR count). The molecule has 3 heterocycles. The van der Waals surface area contributed by atoms with Gasteiger partial charge < -0.3 is 19.7 Å². The van der Waals surface area contributed by atoms with Gasteiger partial charge in [-0.2, -0.15) is 0 Å². The van der Waals surface area contributed by atoms with Crippen LogP contribution in [-0.2, 0) is 14.3 Å². The summed E-state index contributed by atoms with van der Waals surface area (Å²) in [5, 5.41) is 3.30.